The molecule has 1 amide bonds. The highest BCUT2D eigenvalue weighted by Crippen LogP contribution is 2.26. The normalized spacial score (nSPS) is 10.9. The van der Waals surface area contributed by atoms with E-state index in [0.717, 1.165) is 11.8 Å². The van der Waals surface area contributed by atoms with Crippen molar-refractivity contribution in [2.24, 2.45) is 0 Å². The molecule has 0 spiro atoms. The first kappa shape index (κ1) is 22.8. The van der Waals surface area contributed by atoms with Gasteiger partial charge in [-0.2, -0.15) is 0 Å². The molecule has 0 aliphatic carbocycles. The number of amidine groups is 1. The molecule has 3 aromatic heterocycles. The van der Waals surface area contributed by atoms with Crippen molar-refractivity contribution in [3.05, 3.63) is 72.1 Å². The maximum atomic E-state index is 14.6. The maximum Gasteiger partial charge on any atom is 0.294 e. The number of aromatic nitrogens is 5. The minimum atomic E-state index is -0.843. The van der Waals surface area contributed by atoms with Gasteiger partial charge in [0.05, 0.1) is 35.1 Å². The molecule has 11 heteroatoms. The molecule has 0 atom stereocenters. The Morgan fingerprint density at radius 2 is 1.97 bits per heavy atom. The van der Waals surface area contributed by atoms with Gasteiger partial charge in [-0.1, -0.05) is 35.5 Å². The van der Waals surface area contributed by atoms with Crippen molar-refractivity contribution in [3.8, 4) is 5.82 Å². The Hall–Kier alpha value is -4.41. The van der Waals surface area contributed by atoms with Crippen molar-refractivity contribution in [3.63, 3.8) is 0 Å². The number of nitrogens with zero attached hydrogens (tertiary/aromatic N) is 6. The maximum absolute atomic E-state index is 14.6. The summed E-state index contributed by atoms with van der Waals surface area (Å²) in [6.45, 7) is 3.06. The van der Waals surface area contributed by atoms with E-state index in [0.29, 0.717) is 18.9 Å². The number of benzene rings is 1. The molecule has 3 heterocycles. The van der Waals surface area contributed by atoms with E-state index in [1.807, 2.05) is 42.2 Å². The third kappa shape index (κ3) is 4.27. The van der Waals surface area contributed by atoms with Crippen LogP contribution in [0, 0.1) is 11.2 Å². The number of ketones is 1. The summed E-state index contributed by atoms with van der Waals surface area (Å²) in [5.74, 6) is -1.76. The van der Waals surface area contributed by atoms with Crippen molar-refractivity contribution in [1.29, 1.82) is 5.41 Å². The molecule has 1 aromatic carbocycles. The number of aromatic amines is 1. The lowest BCUT2D eigenvalue weighted by Crippen LogP contribution is -2.41. The van der Waals surface area contributed by atoms with Crippen molar-refractivity contribution >= 4 is 28.4 Å². The molecule has 10 nitrogen and oxygen atoms in total. The van der Waals surface area contributed by atoms with E-state index in [1.54, 1.807) is 0 Å². The van der Waals surface area contributed by atoms with Gasteiger partial charge in [0, 0.05) is 38.4 Å². The number of carbonyl (C=O) groups excluding carboxylic acids is 2. The SMILES string of the molecule is CCN(CCN(C)C(=O)C(=O)c1c[nH]c2c(-n3ccnn3)ncc(F)c12)C(=N)c1ccccc1. The van der Waals surface area contributed by atoms with E-state index < -0.39 is 17.5 Å². The van der Waals surface area contributed by atoms with E-state index >= 15 is 0 Å². The van der Waals surface area contributed by atoms with Crippen LogP contribution in [0.5, 0.6) is 0 Å². The van der Waals surface area contributed by atoms with Crippen molar-refractivity contribution in [1.82, 2.24) is 34.8 Å². The summed E-state index contributed by atoms with van der Waals surface area (Å²) in [5, 5.41) is 15.9. The van der Waals surface area contributed by atoms with Gasteiger partial charge in [0.15, 0.2) is 11.6 Å². The van der Waals surface area contributed by atoms with Crippen LogP contribution in [0.4, 0.5) is 4.39 Å². The summed E-state index contributed by atoms with van der Waals surface area (Å²) in [5.41, 5.74) is 0.913. The van der Waals surface area contributed by atoms with Gasteiger partial charge in [-0.15, -0.1) is 5.10 Å². The Bertz CT molecular complexity index is 1330. The van der Waals surface area contributed by atoms with E-state index in [9.17, 15) is 14.0 Å². The van der Waals surface area contributed by atoms with Gasteiger partial charge < -0.3 is 14.8 Å². The summed E-state index contributed by atoms with van der Waals surface area (Å²) in [6.07, 6.45) is 5.26. The van der Waals surface area contributed by atoms with Crippen LogP contribution in [0.1, 0.15) is 22.8 Å². The number of halogens is 1. The fourth-order valence-corrected chi connectivity index (χ4v) is 3.64. The summed E-state index contributed by atoms with van der Waals surface area (Å²) in [4.78, 5) is 35.8. The molecule has 0 bridgehead atoms. The van der Waals surface area contributed by atoms with Crippen LogP contribution in [0.25, 0.3) is 16.7 Å². The molecule has 0 aliphatic rings. The number of likely N-dealkylation sites (N-methyl/N-ethyl adjacent to an activating group) is 2. The van der Waals surface area contributed by atoms with E-state index in [4.69, 9.17) is 5.41 Å². The zero-order chi connectivity index (χ0) is 24.2. The summed E-state index contributed by atoms with van der Waals surface area (Å²) in [6, 6.07) is 9.28. The standard InChI is InChI=1S/C23H23FN8O2/c1-3-31(21(25)15-7-5-4-6-8-15)12-11-30(2)23(34)20(33)16-13-26-19-18(16)17(24)14-27-22(19)32-10-9-28-29-32/h4-10,13-14,25-26H,3,11-12H2,1-2H3. The van der Waals surface area contributed by atoms with Gasteiger partial charge in [-0.05, 0) is 6.92 Å². The summed E-state index contributed by atoms with van der Waals surface area (Å²) in [7, 11) is 1.51. The average Bonchev–Trinajstić information content (AvgIpc) is 3.55. The van der Waals surface area contributed by atoms with E-state index in [1.165, 1.54) is 35.2 Å². The smallest absolute Gasteiger partial charge is 0.294 e. The Morgan fingerprint density at radius 1 is 1.21 bits per heavy atom. The lowest BCUT2D eigenvalue weighted by molar-refractivity contribution is -0.125. The second-order valence-corrected chi connectivity index (χ2v) is 7.58. The number of rotatable bonds is 8. The first-order valence-electron chi connectivity index (χ1n) is 10.6. The van der Waals surface area contributed by atoms with Crippen molar-refractivity contribution in [2.45, 2.75) is 6.92 Å². The quantitative estimate of drug-likeness (QED) is 0.179. The van der Waals surface area contributed by atoms with Gasteiger partial charge in [0.2, 0.25) is 0 Å². The predicted octanol–water partition coefficient (Wildman–Crippen LogP) is 2.27. The molecule has 4 aromatic rings. The average molecular weight is 462 g/mol. The molecule has 34 heavy (non-hydrogen) atoms. The Kier molecular flexibility index (Phi) is 6.44. The molecule has 2 N–H and O–H groups in total. The summed E-state index contributed by atoms with van der Waals surface area (Å²) >= 11 is 0. The van der Waals surface area contributed by atoms with E-state index in [2.05, 4.69) is 20.3 Å². The largest absolute Gasteiger partial charge is 0.357 e. The van der Waals surface area contributed by atoms with E-state index in [-0.39, 0.29) is 28.8 Å². The van der Waals surface area contributed by atoms with Crippen LogP contribution in [0.3, 0.4) is 0 Å². The zero-order valence-corrected chi connectivity index (χ0v) is 18.7. The molecule has 0 radical (unpaired) electrons. The van der Waals surface area contributed by atoms with Crippen LogP contribution in [0.2, 0.25) is 0 Å². The molecule has 4 rings (SSSR count). The third-order valence-electron chi connectivity index (χ3n) is 5.52. The third-order valence-corrected chi connectivity index (χ3v) is 5.52. The monoisotopic (exact) mass is 462 g/mol. The number of nitrogens with one attached hydrogen (secondary N) is 2. The van der Waals surface area contributed by atoms with Crippen LogP contribution in [-0.4, -0.2) is 79.0 Å². The van der Waals surface area contributed by atoms with Crippen LogP contribution < -0.4 is 0 Å². The number of pyridine rings is 1. The Balaban J connectivity index is 1.50. The Labute approximate surface area is 194 Å². The fraction of sp³-hybridized carbons (Fsp3) is 0.217. The lowest BCUT2D eigenvalue weighted by Gasteiger charge is -2.26. The molecule has 0 fully saturated rings. The van der Waals surface area contributed by atoms with Gasteiger partial charge >= 0.3 is 0 Å². The Morgan fingerprint density at radius 3 is 2.65 bits per heavy atom. The number of amides is 1. The number of Topliss-reactive ketones (excluding diaryl/α,β-unsaturated/α-hetero) is 1. The lowest BCUT2D eigenvalue weighted by atomic mass is 10.1. The van der Waals surface area contributed by atoms with Gasteiger partial charge in [0.1, 0.15) is 5.84 Å². The highest BCUT2D eigenvalue weighted by atomic mass is 19.1. The van der Waals surface area contributed by atoms with Crippen molar-refractivity contribution in [2.75, 3.05) is 26.7 Å². The van der Waals surface area contributed by atoms with Gasteiger partial charge in [-0.3, -0.25) is 15.0 Å². The highest BCUT2D eigenvalue weighted by Gasteiger charge is 2.27. The number of fused-ring (bicyclic) bond motifs is 1. The molecule has 0 saturated carbocycles. The van der Waals surface area contributed by atoms with Gasteiger partial charge in [-0.25, -0.2) is 14.1 Å². The van der Waals surface area contributed by atoms with Crippen LogP contribution in [0.15, 0.2) is 55.1 Å². The van der Waals surface area contributed by atoms with Gasteiger partial charge in [0.25, 0.3) is 11.7 Å². The first-order valence-corrected chi connectivity index (χ1v) is 10.6. The number of carbonyl (C=O) groups is 2. The minimum absolute atomic E-state index is 0.0340. The highest BCUT2D eigenvalue weighted by molar-refractivity contribution is 6.44. The van der Waals surface area contributed by atoms with Crippen LogP contribution >= 0.6 is 0 Å². The first-order chi connectivity index (χ1) is 16.4. The second-order valence-electron chi connectivity index (χ2n) is 7.58. The number of H-pyrrole nitrogens is 1. The molecular weight excluding hydrogens is 439 g/mol. The molecule has 0 unspecified atom stereocenters. The summed E-state index contributed by atoms with van der Waals surface area (Å²) < 4.78 is 16.0. The zero-order valence-electron chi connectivity index (χ0n) is 18.7. The fourth-order valence-electron chi connectivity index (χ4n) is 3.64. The number of hydrogen-bond donors (Lipinski definition) is 2. The predicted molar refractivity (Wildman–Crippen MR) is 123 cm³/mol. The van der Waals surface area contributed by atoms with Crippen LogP contribution in [-0.2, 0) is 4.79 Å². The molecule has 0 saturated heterocycles. The van der Waals surface area contributed by atoms with Crippen molar-refractivity contribution < 1.29 is 14.0 Å². The second kappa shape index (κ2) is 9.61. The topological polar surface area (TPSA) is 124 Å². The minimum Gasteiger partial charge on any atom is -0.357 e. The molecular formula is C23H23FN8O2. The number of hydrogen-bond acceptors (Lipinski definition) is 6. The molecule has 0 aliphatic heterocycles. The molecule has 174 valence electrons.